The minimum absolute atomic E-state index is 1.05. The zero-order chi connectivity index (χ0) is 12.4. The summed E-state index contributed by atoms with van der Waals surface area (Å²) in [6.45, 7) is 0. The molecule has 0 saturated heterocycles. The van der Waals surface area contributed by atoms with Crippen molar-refractivity contribution in [3.05, 3.63) is 46.7 Å². The van der Waals surface area contributed by atoms with Crippen LogP contribution in [0.1, 0.15) is 31.4 Å². The maximum atomic E-state index is 4.20. The Morgan fingerprint density at radius 2 is 1.94 bits per heavy atom. The first-order valence-corrected chi connectivity index (χ1v) is 7.00. The summed E-state index contributed by atoms with van der Waals surface area (Å²) in [5.41, 5.74) is 3.54. The maximum Gasteiger partial charge on any atom is 0.0900 e. The van der Waals surface area contributed by atoms with Crippen molar-refractivity contribution in [1.82, 2.24) is 15.0 Å². The minimum atomic E-state index is 1.05. The molecule has 4 heteroatoms. The van der Waals surface area contributed by atoms with E-state index in [-0.39, 0.29) is 0 Å². The summed E-state index contributed by atoms with van der Waals surface area (Å²) >= 11 is 3.45. The normalized spacial score (nSPS) is 15.5. The minimum Gasteiger partial charge on any atom is -0.213 e. The highest BCUT2D eigenvalue weighted by Gasteiger charge is 2.13. The third-order valence-electron chi connectivity index (χ3n) is 3.24. The van der Waals surface area contributed by atoms with E-state index in [2.05, 4.69) is 32.3 Å². The molecular formula is C14H14BrN3. The van der Waals surface area contributed by atoms with Crippen LogP contribution in [0, 0.1) is 0 Å². The lowest BCUT2D eigenvalue weighted by molar-refractivity contribution is 0.729. The summed E-state index contributed by atoms with van der Waals surface area (Å²) in [4.78, 5) is 0. The standard InChI is InChI=1S/C14H14BrN3/c15-12-6-8-13(9-7-12)18-14(10-16-17-18)11-4-2-1-3-5-11/h4,6-10H,1-3,5H2. The van der Waals surface area contributed by atoms with E-state index in [0.29, 0.717) is 0 Å². The largest absolute Gasteiger partial charge is 0.213 e. The molecule has 3 nitrogen and oxygen atoms in total. The molecule has 0 N–H and O–H groups in total. The highest BCUT2D eigenvalue weighted by molar-refractivity contribution is 9.10. The van der Waals surface area contributed by atoms with Gasteiger partial charge in [-0.2, -0.15) is 0 Å². The summed E-state index contributed by atoms with van der Waals surface area (Å²) in [5.74, 6) is 0. The van der Waals surface area contributed by atoms with Crippen LogP contribution in [0.15, 0.2) is 41.0 Å². The molecule has 0 radical (unpaired) electrons. The summed E-state index contributed by atoms with van der Waals surface area (Å²) in [6, 6.07) is 8.14. The van der Waals surface area contributed by atoms with Crippen molar-refractivity contribution in [2.45, 2.75) is 25.7 Å². The van der Waals surface area contributed by atoms with E-state index in [1.54, 1.807) is 0 Å². The lowest BCUT2D eigenvalue weighted by Gasteiger charge is -2.13. The van der Waals surface area contributed by atoms with E-state index in [9.17, 15) is 0 Å². The molecule has 1 aliphatic carbocycles. The second-order valence-corrected chi connectivity index (χ2v) is 5.40. The fourth-order valence-electron chi connectivity index (χ4n) is 2.30. The van der Waals surface area contributed by atoms with Crippen molar-refractivity contribution >= 4 is 21.5 Å². The molecule has 18 heavy (non-hydrogen) atoms. The van der Waals surface area contributed by atoms with Crippen molar-refractivity contribution in [1.29, 1.82) is 0 Å². The van der Waals surface area contributed by atoms with Gasteiger partial charge in [-0.15, -0.1) is 5.10 Å². The molecule has 1 aromatic carbocycles. The Morgan fingerprint density at radius 1 is 1.11 bits per heavy atom. The second kappa shape index (κ2) is 5.06. The summed E-state index contributed by atoms with van der Waals surface area (Å²) in [6.07, 6.45) is 9.03. The zero-order valence-corrected chi connectivity index (χ0v) is 11.6. The topological polar surface area (TPSA) is 30.7 Å². The van der Waals surface area contributed by atoms with Crippen LogP contribution in [0.25, 0.3) is 11.3 Å². The second-order valence-electron chi connectivity index (χ2n) is 4.48. The zero-order valence-electron chi connectivity index (χ0n) is 10.0. The van der Waals surface area contributed by atoms with Crippen LogP contribution < -0.4 is 0 Å². The molecule has 92 valence electrons. The molecule has 0 aliphatic heterocycles. The van der Waals surface area contributed by atoms with Gasteiger partial charge in [0.25, 0.3) is 0 Å². The molecule has 0 atom stereocenters. The summed E-state index contributed by atoms with van der Waals surface area (Å²) in [5, 5.41) is 8.26. The van der Waals surface area contributed by atoms with Crippen molar-refractivity contribution in [3.8, 4) is 5.69 Å². The van der Waals surface area contributed by atoms with E-state index in [0.717, 1.165) is 22.3 Å². The maximum absolute atomic E-state index is 4.20. The van der Waals surface area contributed by atoms with Crippen molar-refractivity contribution in [3.63, 3.8) is 0 Å². The number of nitrogens with zero attached hydrogens (tertiary/aromatic N) is 3. The Labute approximate surface area is 115 Å². The average Bonchev–Trinajstić information content (AvgIpc) is 2.90. The van der Waals surface area contributed by atoms with Crippen LogP contribution in [0.4, 0.5) is 0 Å². The molecule has 0 fully saturated rings. The SMILES string of the molecule is Brc1ccc(-n2nncc2C2=CCCCC2)cc1. The molecule has 1 aliphatic rings. The average molecular weight is 304 g/mol. The monoisotopic (exact) mass is 303 g/mol. The highest BCUT2D eigenvalue weighted by Crippen LogP contribution is 2.27. The fraction of sp³-hybridized carbons (Fsp3) is 0.286. The first-order chi connectivity index (χ1) is 8.84. The van der Waals surface area contributed by atoms with Gasteiger partial charge >= 0.3 is 0 Å². The van der Waals surface area contributed by atoms with Gasteiger partial charge in [0.2, 0.25) is 0 Å². The molecular weight excluding hydrogens is 290 g/mol. The number of aromatic nitrogens is 3. The molecule has 1 heterocycles. The molecule has 1 aromatic heterocycles. The molecule has 0 amide bonds. The molecule has 3 rings (SSSR count). The van der Waals surface area contributed by atoms with Crippen molar-refractivity contribution in [2.24, 2.45) is 0 Å². The van der Waals surface area contributed by atoms with Gasteiger partial charge in [-0.3, -0.25) is 0 Å². The van der Waals surface area contributed by atoms with Crippen LogP contribution in [-0.4, -0.2) is 15.0 Å². The number of hydrogen-bond donors (Lipinski definition) is 0. The Balaban J connectivity index is 2.01. The van der Waals surface area contributed by atoms with Crippen molar-refractivity contribution in [2.75, 3.05) is 0 Å². The third kappa shape index (κ3) is 2.25. The quantitative estimate of drug-likeness (QED) is 0.840. The lowest BCUT2D eigenvalue weighted by Crippen LogP contribution is -2.03. The van der Waals surface area contributed by atoms with E-state index in [4.69, 9.17) is 0 Å². The summed E-state index contributed by atoms with van der Waals surface area (Å²) in [7, 11) is 0. The van der Waals surface area contributed by atoms with Crippen LogP contribution in [0.5, 0.6) is 0 Å². The van der Waals surface area contributed by atoms with Gasteiger partial charge in [0.05, 0.1) is 17.6 Å². The lowest BCUT2D eigenvalue weighted by atomic mass is 9.97. The smallest absolute Gasteiger partial charge is 0.0900 e. The molecule has 0 saturated carbocycles. The van der Waals surface area contributed by atoms with Gasteiger partial charge in [0, 0.05) is 4.47 Å². The molecule has 0 unspecified atom stereocenters. The number of rotatable bonds is 2. The Kier molecular flexibility index (Phi) is 3.28. The van der Waals surface area contributed by atoms with Gasteiger partial charge in [-0.1, -0.05) is 27.2 Å². The van der Waals surface area contributed by atoms with Gasteiger partial charge in [-0.05, 0) is 55.5 Å². The van der Waals surface area contributed by atoms with Gasteiger partial charge in [-0.25, -0.2) is 4.68 Å². The Morgan fingerprint density at radius 3 is 2.67 bits per heavy atom. The van der Waals surface area contributed by atoms with Crippen LogP contribution >= 0.6 is 15.9 Å². The third-order valence-corrected chi connectivity index (χ3v) is 3.77. The number of halogens is 1. The van der Waals surface area contributed by atoms with Crippen molar-refractivity contribution < 1.29 is 0 Å². The highest BCUT2D eigenvalue weighted by atomic mass is 79.9. The van der Waals surface area contributed by atoms with Gasteiger partial charge < -0.3 is 0 Å². The first-order valence-electron chi connectivity index (χ1n) is 6.20. The van der Waals surface area contributed by atoms with Crippen LogP contribution in [0.3, 0.4) is 0 Å². The van der Waals surface area contributed by atoms with Crippen LogP contribution in [0.2, 0.25) is 0 Å². The van der Waals surface area contributed by atoms with Crippen LogP contribution in [-0.2, 0) is 0 Å². The van der Waals surface area contributed by atoms with Gasteiger partial charge in [0.15, 0.2) is 0 Å². The number of allylic oxidation sites excluding steroid dienone is 2. The Bertz CT molecular complexity index is 569. The first kappa shape index (κ1) is 11.7. The van der Waals surface area contributed by atoms with E-state index >= 15 is 0 Å². The molecule has 2 aromatic rings. The predicted octanol–water partition coefficient (Wildman–Crippen LogP) is 3.99. The summed E-state index contributed by atoms with van der Waals surface area (Å²) < 4.78 is 2.99. The fourth-order valence-corrected chi connectivity index (χ4v) is 2.56. The van der Waals surface area contributed by atoms with E-state index < -0.39 is 0 Å². The Hall–Kier alpha value is -1.42. The van der Waals surface area contributed by atoms with E-state index in [1.165, 1.54) is 24.8 Å². The number of benzene rings is 1. The molecule has 0 spiro atoms. The number of hydrogen-bond acceptors (Lipinski definition) is 2. The molecule has 0 bridgehead atoms. The predicted molar refractivity (Wildman–Crippen MR) is 75.5 cm³/mol. The van der Waals surface area contributed by atoms with E-state index in [1.807, 2.05) is 35.1 Å². The van der Waals surface area contributed by atoms with Gasteiger partial charge in [0.1, 0.15) is 0 Å².